The highest BCUT2D eigenvalue weighted by atomic mass is 16.5. The summed E-state index contributed by atoms with van der Waals surface area (Å²) in [7, 11) is 1.61. The molecule has 4 heteroatoms. The van der Waals surface area contributed by atoms with Crippen LogP contribution in [0.25, 0.3) is 11.0 Å². The maximum Gasteiger partial charge on any atom is 0.123 e. The summed E-state index contributed by atoms with van der Waals surface area (Å²) in [4.78, 5) is 8.83. The molecule has 2 N–H and O–H groups in total. The Balaban J connectivity index is 2.80. The van der Waals surface area contributed by atoms with Gasteiger partial charge < -0.3 is 10.5 Å². The van der Waals surface area contributed by atoms with Gasteiger partial charge in [-0.1, -0.05) is 0 Å². The van der Waals surface area contributed by atoms with Crippen LogP contribution in [0.4, 0.5) is 5.69 Å². The van der Waals surface area contributed by atoms with Crippen LogP contribution in [0, 0.1) is 13.8 Å². The lowest BCUT2D eigenvalue weighted by Gasteiger charge is -2.07. The molecule has 0 saturated carbocycles. The zero-order valence-corrected chi connectivity index (χ0v) is 9.03. The third kappa shape index (κ3) is 1.58. The van der Waals surface area contributed by atoms with Crippen molar-refractivity contribution in [2.45, 2.75) is 13.8 Å². The van der Waals surface area contributed by atoms with Gasteiger partial charge in [0, 0.05) is 12.1 Å². The van der Waals surface area contributed by atoms with E-state index in [1.165, 1.54) is 0 Å². The Morgan fingerprint density at radius 2 is 1.80 bits per heavy atom. The Kier molecular flexibility index (Phi) is 2.19. The lowest BCUT2D eigenvalue weighted by molar-refractivity contribution is 0.415. The van der Waals surface area contributed by atoms with Crippen molar-refractivity contribution >= 4 is 16.7 Å². The molecule has 0 radical (unpaired) electrons. The molecule has 0 unspecified atom stereocenters. The van der Waals surface area contributed by atoms with Crippen LogP contribution in [-0.4, -0.2) is 17.1 Å². The lowest BCUT2D eigenvalue weighted by atomic mass is 10.2. The molecule has 4 nitrogen and oxygen atoms in total. The number of aryl methyl sites for hydroxylation is 2. The van der Waals surface area contributed by atoms with Gasteiger partial charge in [0.15, 0.2) is 0 Å². The summed E-state index contributed by atoms with van der Waals surface area (Å²) >= 11 is 0. The number of hydrogen-bond donors (Lipinski definition) is 1. The van der Waals surface area contributed by atoms with Crippen molar-refractivity contribution in [3.8, 4) is 5.75 Å². The van der Waals surface area contributed by atoms with E-state index in [0.717, 1.165) is 22.4 Å². The molecule has 0 aliphatic carbocycles. The van der Waals surface area contributed by atoms with Crippen molar-refractivity contribution in [2.24, 2.45) is 0 Å². The van der Waals surface area contributed by atoms with Gasteiger partial charge in [-0.05, 0) is 13.8 Å². The van der Waals surface area contributed by atoms with Gasteiger partial charge in [-0.3, -0.25) is 0 Å². The summed E-state index contributed by atoms with van der Waals surface area (Å²) in [6, 6.07) is 3.59. The number of ether oxygens (including phenoxy) is 1. The van der Waals surface area contributed by atoms with Gasteiger partial charge in [0.25, 0.3) is 0 Å². The number of nitrogens with zero attached hydrogens (tertiary/aromatic N) is 2. The smallest absolute Gasteiger partial charge is 0.123 e. The van der Waals surface area contributed by atoms with E-state index in [2.05, 4.69) is 9.97 Å². The van der Waals surface area contributed by atoms with Crippen molar-refractivity contribution in [3.05, 3.63) is 23.5 Å². The van der Waals surface area contributed by atoms with E-state index in [-0.39, 0.29) is 0 Å². The SMILES string of the molecule is COc1cc(N)c2nc(C)c(C)nc2c1. The first-order chi connectivity index (χ1) is 7.11. The van der Waals surface area contributed by atoms with Gasteiger partial charge in [0.1, 0.15) is 11.3 Å². The molecule has 15 heavy (non-hydrogen) atoms. The van der Waals surface area contributed by atoms with Crippen molar-refractivity contribution in [1.29, 1.82) is 0 Å². The van der Waals surface area contributed by atoms with Crippen LogP contribution in [0.3, 0.4) is 0 Å². The highest BCUT2D eigenvalue weighted by Gasteiger charge is 2.06. The second-order valence-corrected chi connectivity index (χ2v) is 3.48. The Labute approximate surface area is 88.1 Å². The fourth-order valence-corrected chi connectivity index (χ4v) is 1.45. The predicted molar refractivity (Wildman–Crippen MR) is 60.0 cm³/mol. The van der Waals surface area contributed by atoms with Gasteiger partial charge in [-0.15, -0.1) is 0 Å². The maximum absolute atomic E-state index is 5.87. The average Bonchev–Trinajstić information content (AvgIpc) is 2.21. The van der Waals surface area contributed by atoms with Crippen LogP contribution in [0.1, 0.15) is 11.4 Å². The minimum Gasteiger partial charge on any atom is -0.497 e. The van der Waals surface area contributed by atoms with E-state index in [4.69, 9.17) is 10.5 Å². The van der Waals surface area contributed by atoms with E-state index in [1.807, 2.05) is 19.9 Å². The van der Waals surface area contributed by atoms with Crippen LogP contribution in [0.15, 0.2) is 12.1 Å². The summed E-state index contributed by atoms with van der Waals surface area (Å²) in [5, 5.41) is 0. The fourth-order valence-electron chi connectivity index (χ4n) is 1.45. The summed E-state index contributed by atoms with van der Waals surface area (Å²) in [5.74, 6) is 0.706. The largest absolute Gasteiger partial charge is 0.497 e. The number of fused-ring (bicyclic) bond motifs is 1. The third-order valence-electron chi connectivity index (χ3n) is 2.42. The Bertz CT molecular complexity index is 523. The second-order valence-electron chi connectivity index (χ2n) is 3.48. The summed E-state index contributed by atoms with van der Waals surface area (Å²) < 4.78 is 5.13. The molecule has 78 valence electrons. The molecule has 0 aliphatic rings. The second kappa shape index (κ2) is 3.38. The lowest BCUT2D eigenvalue weighted by Crippen LogP contribution is -1.98. The first kappa shape index (κ1) is 9.71. The number of nitrogens with two attached hydrogens (primary N) is 1. The number of anilines is 1. The van der Waals surface area contributed by atoms with Gasteiger partial charge in [-0.2, -0.15) is 0 Å². The number of nitrogen functional groups attached to an aromatic ring is 1. The van der Waals surface area contributed by atoms with Gasteiger partial charge >= 0.3 is 0 Å². The van der Waals surface area contributed by atoms with Crippen molar-refractivity contribution in [3.63, 3.8) is 0 Å². The normalized spacial score (nSPS) is 10.6. The predicted octanol–water partition coefficient (Wildman–Crippen LogP) is 1.84. The first-order valence-corrected chi connectivity index (χ1v) is 4.70. The third-order valence-corrected chi connectivity index (χ3v) is 2.42. The Morgan fingerprint density at radius 1 is 1.13 bits per heavy atom. The highest BCUT2D eigenvalue weighted by molar-refractivity contribution is 5.88. The highest BCUT2D eigenvalue weighted by Crippen LogP contribution is 2.25. The zero-order chi connectivity index (χ0) is 11.0. The molecule has 2 aromatic rings. The number of hydrogen-bond acceptors (Lipinski definition) is 4. The van der Waals surface area contributed by atoms with Gasteiger partial charge in [0.05, 0.1) is 29.7 Å². The van der Waals surface area contributed by atoms with E-state index < -0.39 is 0 Å². The quantitative estimate of drug-likeness (QED) is 0.718. The van der Waals surface area contributed by atoms with Gasteiger partial charge in [-0.25, -0.2) is 9.97 Å². The van der Waals surface area contributed by atoms with E-state index in [1.54, 1.807) is 13.2 Å². The molecule has 0 atom stereocenters. The van der Waals surface area contributed by atoms with Crippen LogP contribution in [-0.2, 0) is 0 Å². The van der Waals surface area contributed by atoms with E-state index >= 15 is 0 Å². The molecule has 0 amide bonds. The van der Waals surface area contributed by atoms with Crippen LogP contribution >= 0.6 is 0 Å². The molecular formula is C11H13N3O. The molecular weight excluding hydrogens is 190 g/mol. The Morgan fingerprint density at radius 3 is 2.47 bits per heavy atom. The zero-order valence-electron chi connectivity index (χ0n) is 9.03. The van der Waals surface area contributed by atoms with E-state index in [9.17, 15) is 0 Å². The number of methoxy groups -OCH3 is 1. The number of aromatic nitrogens is 2. The van der Waals surface area contributed by atoms with Crippen LogP contribution < -0.4 is 10.5 Å². The van der Waals surface area contributed by atoms with E-state index in [0.29, 0.717) is 11.4 Å². The topological polar surface area (TPSA) is 61.0 Å². The van der Waals surface area contributed by atoms with Crippen molar-refractivity contribution in [1.82, 2.24) is 9.97 Å². The molecule has 2 rings (SSSR count). The minimum absolute atomic E-state index is 0.597. The molecule has 0 saturated heterocycles. The van der Waals surface area contributed by atoms with Crippen LogP contribution in [0.2, 0.25) is 0 Å². The number of benzene rings is 1. The average molecular weight is 203 g/mol. The molecule has 1 aromatic carbocycles. The summed E-state index contributed by atoms with van der Waals surface area (Å²) in [6.45, 7) is 3.85. The molecule has 0 bridgehead atoms. The fraction of sp³-hybridized carbons (Fsp3) is 0.273. The number of rotatable bonds is 1. The maximum atomic E-state index is 5.87. The minimum atomic E-state index is 0.597. The first-order valence-electron chi connectivity index (χ1n) is 4.70. The van der Waals surface area contributed by atoms with Crippen molar-refractivity contribution < 1.29 is 4.74 Å². The monoisotopic (exact) mass is 203 g/mol. The van der Waals surface area contributed by atoms with Crippen LogP contribution in [0.5, 0.6) is 5.75 Å². The molecule has 1 heterocycles. The Hall–Kier alpha value is -1.84. The molecule has 0 spiro atoms. The summed E-state index contributed by atoms with van der Waals surface area (Å²) in [6.07, 6.45) is 0. The molecule has 0 aliphatic heterocycles. The molecule has 1 aromatic heterocycles. The standard InChI is InChI=1S/C11H13N3O/c1-6-7(2)14-11-9(12)4-8(15-3)5-10(11)13-6/h4-5H,12H2,1-3H3. The van der Waals surface area contributed by atoms with Crippen molar-refractivity contribution in [2.75, 3.05) is 12.8 Å². The molecule has 0 fully saturated rings. The summed E-state index contributed by atoms with van der Waals surface area (Å²) in [5.41, 5.74) is 9.79. The van der Waals surface area contributed by atoms with Gasteiger partial charge in [0.2, 0.25) is 0 Å².